The second kappa shape index (κ2) is 7.40. The van der Waals surface area contributed by atoms with E-state index in [1.54, 1.807) is 33.1 Å². The largest absolute Gasteiger partial charge is 0.496 e. The van der Waals surface area contributed by atoms with E-state index in [1.165, 1.54) is 4.68 Å². The third-order valence-electron chi connectivity index (χ3n) is 4.48. The average Bonchev–Trinajstić information content (AvgIpc) is 2.93. The summed E-state index contributed by atoms with van der Waals surface area (Å²) in [7, 11) is 1.56. The van der Waals surface area contributed by atoms with Crippen LogP contribution in [-0.2, 0) is 11.3 Å². The Labute approximate surface area is 161 Å². The predicted octanol–water partition coefficient (Wildman–Crippen LogP) is 2.78. The summed E-state index contributed by atoms with van der Waals surface area (Å²) < 4.78 is 6.84. The minimum absolute atomic E-state index is 0.0886. The molecule has 28 heavy (non-hydrogen) atoms. The van der Waals surface area contributed by atoms with E-state index in [-0.39, 0.29) is 17.9 Å². The van der Waals surface area contributed by atoms with E-state index in [4.69, 9.17) is 15.6 Å². The Morgan fingerprint density at radius 1 is 1.32 bits per heavy atom. The van der Waals surface area contributed by atoms with E-state index in [2.05, 4.69) is 16.2 Å². The van der Waals surface area contributed by atoms with Gasteiger partial charge >= 0.3 is 5.97 Å². The monoisotopic (exact) mass is 377 g/mol. The van der Waals surface area contributed by atoms with Gasteiger partial charge in [0.1, 0.15) is 29.7 Å². The summed E-state index contributed by atoms with van der Waals surface area (Å²) >= 11 is 0. The van der Waals surface area contributed by atoms with Gasteiger partial charge in [-0.15, -0.1) is 0 Å². The molecule has 8 heteroatoms. The summed E-state index contributed by atoms with van der Waals surface area (Å²) in [5.41, 5.74) is 10.1. The molecule has 0 bridgehead atoms. The van der Waals surface area contributed by atoms with Crippen LogP contribution in [0, 0.1) is 25.2 Å². The van der Waals surface area contributed by atoms with Crippen LogP contribution in [0.4, 0.5) is 5.82 Å². The Kier molecular flexibility index (Phi) is 5.00. The highest BCUT2D eigenvalue weighted by Crippen LogP contribution is 2.37. The zero-order valence-corrected chi connectivity index (χ0v) is 15.7. The summed E-state index contributed by atoms with van der Waals surface area (Å²) in [4.78, 5) is 15.5. The quantitative estimate of drug-likeness (QED) is 0.700. The van der Waals surface area contributed by atoms with Gasteiger partial charge in [-0.2, -0.15) is 10.4 Å². The molecule has 0 aliphatic heterocycles. The van der Waals surface area contributed by atoms with Crippen molar-refractivity contribution in [3.05, 3.63) is 47.3 Å². The lowest BCUT2D eigenvalue weighted by Gasteiger charge is -2.13. The van der Waals surface area contributed by atoms with Gasteiger partial charge in [0.15, 0.2) is 0 Å². The van der Waals surface area contributed by atoms with E-state index >= 15 is 0 Å². The van der Waals surface area contributed by atoms with E-state index in [1.807, 2.05) is 18.2 Å². The molecule has 3 aromatic rings. The number of nitrogen functional groups attached to an aromatic ring is 1. The number of hydrogen-bond acceptors (Lipinski definition) is 6. The molecule has 0 unspecified atom stereocenters. The number of anilines is 1. The molecule has 0 aliphatic rings. The summed E-state index contributed by atoms with van der Waals surface area (Å²) in [6, 6.07) is 11.2. The van der Waals surface area contributed by atoms with Crippen molar-refractivity contribution >= 4 is 11.8 Å². The fraction of sp³-hybridized carbons (Fsp3) is 0.200. The summed E-state index contributed by atoms with van der Waals surface area (Å²) in [5.74, 6) is -0.296. The number of nitrogens with zero attached hydrogens (tertiary/aromatic N) is 4. The second-order valence-electron chi connectivity index (χ2n) is 6.22. The minimum atomic E-state index is -0.987. The number of benzene rings is 1. The first kappa shape index (κ1) is 18.9. The number of aromatic nitrogens is 3. The number of ether oxygens (including phenoxy) is 1. The number of aliphatic carboxylic acids is 1. The maximum atomic E-state index is 11.1. The molecule has 1 aromatic carbocycles. The number of carbonyl (C=O) groups is 1. The van der Waals surface area contributed by atoms with Crippen LogP contribution >= 0.6 is 0 Å². The lowest BCUT2D eigenvalue weighted by Crippen LogP contribution is -2.11. The topological polar surface area (TPSA) is 127 Å². The molecule has 0 fully saturated rings. The molecule has 0 aliphatic carbocycles. The molecule has 3 rings (SSSR count). The second-order valence-corrected chi connectivity index (χ2v) is 6.22. The van der Waals surface area contributed by atoms with Crippen molar-refractivity contribution in [2.24, 2.45) is 0 Å². The first-order chi connectivity index (χ1) is 13.4. The highest BCUT2D eigenvalue weighted by Gasteiger charge is 2.21. The molecule has 0 atom stereocenters. The van der Waals surface area contributed by atoms with E-state index < -0.39 is 5.97 Å². The van der Waals surface area contributed by atoms with Gasteiger partial charge in [0.05, 0.1) is 18.5 Å². The van der Waals surface area contributed by atoms with E-state index in [0.29, 0.717) is 39.5 Å². The van der Waals surface area contributed by atoms with Crippen LogP contribution in [0.25, 0.3) is 22.4 Å². The van der Waals surface area contributed by atoms with E-state index in [0.717, 1.165) is 0 Å². The van der Waals surface area contributed by atoms with Gasteiger partial charge in [0.2, 0.25) is 0 Å². The fourth-order valence-corrected chi connectivity index (χ4v) is 3.24. The van der Waals surface area contributed by atoms with Crippen LogP contribution in [0.1, 0.15) is 17.0 Å². The number of para-hydroxylation sites is 1. The number of methoxy groups -OCH3 is 1. The van der Waals surface area contributed by atoms with Crippen LogP contribution in [0.5, 0.6) is 5.75 Å². The van der Waals surface area contributed by atoms with Gasteiger partial charge < -0.3 is 15.6 Å². The van der Waals surface area contributed by atoms with Crippen molar-refractivity contribution in [3.8, 4) is 34.2 Å². The maximum absolute atomic E-state index is 11.1. The zero-order valence-electron chi connectivity index (χ0n) is 15.7. The summed E-state index contributed by atoms with van der Waals surface area (Å²) in [5, 5.41) is 23.0. The van der Waals surface area contributed by atoms with Crippen LogP contribution in [0.15, 0.2) is 30.3 Å². The molecule has 8 nitrogen and oxygen atoms in total. The standard InChI is InChI=1S/C20H19N5O3/c1-11-19(12(2)25(24-11)10-18(26)27)16-8-14(15(9-21)20(22)23-16)13-6-4-5-7-17(13)28-3/h4-8H,10H2,1-3H3,(H2,22,23)(H,26,27). The third kappa shape index (κ3) is 3.25. The van der Waals surface area contributed by atoms with Gasteiger partial charge in [-0.3, -0.25) is 9.48 Å². The SMILES string of the molecule is COc1ccccc1-c1cc(-c2c(C)nn(CC(=O)O)c2C)nc(N)c1C#N. The molecular weight excluding hydrogens is 358 g/mol. The van der Waals surface area contributed by atoms with E-state index in [9.17, 15) is 10.1 Å². The Bertz CT molecular complexity index is 1110. The number of carboxylic acid groups (broad SMARTS) is 1. The molecule has 0 amide bonds. The Morgan fingerprint density at radius 2 is 2.04 bits per heavy atom. The van der Waals surface area contributed by atoms with Crippen LogP contribution in [0.3, 0.4) is 0 Å². The van der Waals surface area contributed by atoms with Crippen molar-refractivity contribution in [2.75, 3.05) is 12.8 Å². The van der Waals surface area contributed by atoms with Crippen LogP contribution in [0.2, 0.25) is 0 Å². The number of rotatable bonds is 5. The minimum Gasteiger partial charge on any atom is -0.496 e. The van der Waals surface area contributed by atoms with Gasteiger partial charge in [0, 0.05) is 22.4 Å². The Balaban J connectivity index is 2.26. The molecule has 0 saturated carbocycles. The zero-order chi connectivity index (χ0) is 20.4. The molecule has 2 heterocycles. The smallest absolute Gasteiger partial charge is 0.325 e. The van der Waals surface area contributed by atoms with Crippen LogP contribution in [-0.4, -0.2) is 33.0 Å². The van der Waals surface area contributed by atoms with Crippen molar-refractivity contribution in [2.45, 2.75) is 20.4 Å². The fourth-order valence-electron chi connectivity index (χ4n) is 3.24. The molecule has 0 radical (unpaired) electrons. The van der Waals surface area contributed by atoms with Crippen LogP contribution < -0.4 is 10.5 Å². The van der Waals surface area contributed by atoms with Gasteiger partial charge in [-0.1, -0.05) is 18.2 Å². The average molecular weight is 377 g/mol. The number of nitrogens with two attached hydrogens (primary N) is 1. The predicted molar refractivity (Wildman–Crippen MR) is 104 cm³/mol. The number of carboxylic acids is 1. The highest BCUT2D eigenvalue weighted by molar-refractivity contribution is 5.83. The number of pyridine rings is 1. The molecule has 0 spiro atoms. The Morgan fingerprint density at radius 3 is 2.68 bits per heavy atom. The molecule has 3 N–H and O–H groups in total. The normalized spacial score (nSPS) is 10.5. The van der Waals surface area contributed by atoms with Gasteiger partial charge in [-0.05, 0) is 26.0 Å². The first-order valence-electron chi connectivity index (χ1n) is 8.47. The lowest BCUT2D eigenvalue weighted by atomic mass is 9.97. The molecule has 142 valence electrons. The number of aryl methyl sites for hydroxylation is 1. The third-order valence-corrected chi connectivity index (χ3v) is 4.48. The highest BCUT2D eigenvalue weighted by atomic mass is 16.5. The van der Waals surface area contributed by atoms with Crippen molar-refractivity contribution in [1.82, 2.24) is 14.8 Å². The molecular formula is C20H19N5O3. The molecule has 0 saturated heterocycles. The van der Waals surface area contributed by atoms with Gasteiger partial charge in [-0.25, -0.2) is 4.98 Å². The van der Waals surface area contributed by atoms with Gasteiger partial charge in [0.25, 0.3) is 0 Å². The molecule has 2 aromatic heterocycles. The summed E-state index contributed by atoms with van der Waals surface area (Å²) in [6.45, 7) is 3.30. The van der Waals surface area contributed by atoms with Crippen molar-refractivity contribution in [1.29, 1.82) is 5.26 Å². The number of nitriles is 1. The summed E-state index contributed by atoms with van der Waals surface area (Å²) in [6.07, 6.45) is 0. The van der Waals surface area contributed by atoms with Crippen molar-refractivity contribution < 1.29 is 14.6 Å². The maximum Gasteiger partial charge on any atom is 0.325 e. The number of hydrogen-bond donors (Lipinski definition) is 2. The Hall–Kier alpha value is -3.86. The first-order valence-corrected chi connectivity index (χ1v) is 8.47. The van der Waals surface area contributed by atoms with Crippen molar-refractivity contribution in [3.63, 3.8) is 0 Å². The lowest BCUT2D eigenvalue weighted by molar-refractivity contribution is -0.137.